The minimum absolute atomic E-state index is 0.0948. The second kappa shape index (κ2) is 6.86. The molecule has 0 radical (unpaired) electrons. The number of rotatable bonds is 5. The molecular weight excluding hydrogens is 238 g/mol. The fraction of sp³-hybridized carbons (Fsp3) is 0.818. The van der Waals surface area contributed by atoms with E-state index in [0.29, 0.717) is 5.25 Å². The number of nitrogens with two attached hydrogens (primary N) is 2. The van der Waals surface area contributed by atoms with Crippen molar-refractivity contribution in [2.45, 2.75) is 49.4 Å². The van der Waals surface area contributed by atoms with E-state index in [0.717, 1.165) is 19.3 Å². The zero-order valence-electron chi connectivity index (χ0n) is 10.1. The highest BCUT2D eigenvalue weighted by Gasteiger charge is 2.27. The number of primary amides is 1. The summed E-state index contributed by atoms with van der Waals surface area (Å²) < 4.78 is 0. The van der Waals surface area contributed by atoms with Crippen molar-refractivity contribution in [2.75, 3.05) is 6.26 Å². The number of hydrogen-bond acceptors (Lipinski definition) is 4. The standard InChI is InChI=1S/C11H21N3O2S/c1-17-9-5-3-2-4-8(9)14-11(16)7(12)6-10(13)15/h7-9H,2-6,12H2,1H3,(H2,13,15)(H,14,16). The van der Waals surface area contributed by atoms with Gasteiger partial charge in [0.05, 0.1) is 12.5 Å². The highest BCUT2D eigenvalue weighted by atomic mass is 32.2. The zero-order valence-corrected chi connectivity index (χ0v) is 11.0. The van der Waals surface area contributed by atoms with E-state index >= 15 is 0 Å². The predicted octanol–water partition coefficient (Wildman–Crippen LogP) is -0.0205. The van der Waals surface area contributed by atoms with Gasteiger partial charge in [-0.15, -0.1) is 0 Å². The zero-order chi connectivity index (χ0) is 12.8. The van der Waals surface area contributed by atoms with Crippen LogP contribution in [0.25, 0.3) is 0 Å². The van der Waals surface area contributed by atoms with Crippen LogP contribution in [0.3, 0.4) is 0 Å². The monoisotopic (exact) mass is 259 g/mol. The summed E-state index contributed by atoms with van der Waals surface area (Å²) in [5, 5.41) is 3.38. The van der Waals surface area contributed by atoms with E-state index in [9.17, 15) is 9.59 Å². The van der Waals surface area contributed by atoms with Crippen molar-refractivity contribution in [2.24, 2.45) is 11.5 Å². The van der Waals surface area contributed by atoms with Crippen LogP contribution in [0, 0.1) is 0 Å². The van der Waals surface area contributed by atoms with Crippen LogP contribution in [0.1, 0.15) is 32.1 Å². The third-order valence-electron chi connectivity index (χ3n) is 3.09. The lowest BCUT2D eigenvalue weighted by Crippen LogP contribution is -2.50. The molecule has 1 saturated carbocycles. The summed E-state index contributed by atoms with van der Waals surface area (Å²) in [5.74, 6) is -0.813. The second-order valence-corrected chi connectivity index (χ2v) is 5.53. The topological polar surface area (TPSA) is 98.2 Å². The lowest BCUT2D eigenvalue weighted by Gasteiger charge is -2.31. The van der Waals surface area contributed by atoms with E-state index in [1.165, 1.54) is 6.42 Å². The quantitative estimate of drug-likeness (QED) is 0.646. The third-order valence-corrected chi connectivity index (χ3v) is 4.26. The first-order chi connectivity index (χ1) is 8.04. The van der Waals surface area contributed by atoms with Crippen LogP contribution in [0.4, 0.5) is 0 Å². The minimum atomic E-state index is -0.822. The molecule has 0 spiro atoms. The van der Waals surface area contributed by atoms with Gasteiger partial charge >= 0.3 is 0 Å². The second-order valence-electron chi connectivity index (χ2n) is 4.45. The molecule has 1 fully saturated rings. The first-order valence-electron chi connectivity index (χ1n) is 5.91. The lowest BCUT2D eigenvalue weighted by atomic mass is 9.94. The number of carbonyl (C=O) groups excluding carboxylic acids is 2. The maximum absolute atomic E-state index is 11.8. The summed E-state index contributed by atoms with van der Waals surface area (Å²) in [6.45, 7) is 0. The van der Waals surface area contributed by atoms with Gasteiger partial charge in [-0.2, -0.15) is 11.8 Å². The van der Waals surface area contributed by atoms with Gasteiger partial charge in [-0.1, -0.05) is 12.8 Å². The number of amides is 2. The molecule has 1 aliphatic carbocycles. The van der Waals surface area contributed by atoms with E-state index in [2.05, 4.69) is 11.6 Å². The molecular formula is C11H21N3O2S. The molecule has 98 valence electrons. The molecule has 17 heavy (non-hydrogen) atoms. The Kier molecular flexibility index (Phi) is 5.77. The Morgan fingerprint density at radius 2 is 2.06 bits per heavy atom. The molecule has 0 aromatic rings. The average molecular weight is 259 g/mol. The molecule has 3 unspecified atom stereocenters. The largest absolute Gasteiger partial charge is 0.370 e. The average Bonchev–Trinajstić information content (AvgIpc) is 2.28. The van der Waals surface area contributed by atoms with Gasteiger partial charge < -0.3 is 16.8 Å². The van der Waals surface area contributed by atoms with Gasteiger partial charge in [0.2, 0.25) is 11.8 Å². The van der Waals surface area contributed by atoms with E-state index < -0.39 is 11.9 Å². The molecule has 1 rings (SSSR count). The summed E-state index contributed by atoms with van der Waals surface area (Å²) >= 11 is 1.77. The van der Waals surface area contributed by atoms with Gasteiger partial charge in [-0.3, -0.25) is 9.59 Å². The number of thioether (sulfide) groups is 1. The number of hydrogen-bond donors (Lipinski definition) is 3. The van der Waals surface area contributed by atoms with Crippen LogP contribution in [-0.4, -0.2) is 35.4 Å². The normalized spacial score (nSPS) is 26.2. The van der Waals surface area contributed by atoms with Gasteiger partial charge in [0, 0.05) is 11.3 Å². The van der Waals surface area contributed by atoms with Crippen molar-refractivity contribution in [3.8, 4) is 0 Å². The van der Waals surface area contributed by atoms with Gasteiger partial charge in [0.15, 0.2) is 0 Å². The highest BCUT2D eigenvalue weighted by molar-refractivity contribution is 7.99. The summed E-state index contributed by atoms with van der Waals surface area (Å²) in [6, 6.07) is -0.651. The van der Waals surface area contributed by atoms with Gasteiger partial charge in [-0.05, 0) is 19.1 Å². The molecule has 2 amide bonds. The Morgan fingerprint density at radius 1 is 1.41 bits per heavy atom. The molecule has 0 saturated heterocycles. The molecule has 0 aliphatic heterocycles. The van der Waals surface area contributed by atoms with Crippen LogP contribution in [0.5, 0.6) is 0 Å². The van der Waals surface area contributed by atoms with Crippen molar-refractivity contribution < 1.29 is 9.59 Å². The first-order valence-corrected chi connectivity index (χ1v) is 7.20. The molecule has 0 aromatic carbocycles. The van der Waals surface area contributed by atoms with Crippen molar-refractivity contribution in [1.29, 1.82) is 0 Å². The molecule has 5 N–H and O–H groups in total. The van der Waals surface area contributed by atoms with Crippen LogP contribution in [-0.2, 0) is 9.59 Å². The predicted molar refractivity (Wildman–Crippen MR) is 69.5 cm³/mol. The molecule has 6 heteroatoms. The summed E-state index contributed by atoms with van der Waals surface area (Å²) in [4.78, 5) is 22.4. The maximum Gasteiger partial charge on any atom is 0.237 e. The molecule has 0 aromatic heterocycles. The van der Waals surface area contributed by atoms with E-state index in [-0.39, 0.29) is 18.4 Å². The van der Waals surface area contributed by atoms with Crippen LogP contribution >= 0.6 is 11.8 Å². The summed E-state index contributed by atoms with van der Waals surface area (Å²) in [6.07, 6.45) is 6.41. The van der Waals surface area contributed by atoms with Crippen LogP contribution < -0.4 is 16.8 Å². The van der Waals surface area contributed by atoms with E-state index in [4.69, 9.17) is 11.5 Å². The number of carbonyl (C=O) groups is 2. The Bertz CT molecular complexity index is 286. The molecule has 1 aliphatic rings. The maximum atomic E-state index is 11.8. The first kappa shape index (κ1) is 14.3. The van der Waals surface area contributed by atoms with E-state index in [1.54, 1.807) is 11.8 Å². The SMILES string of the molecule is CSC1CCCCC1NC(=O)C(N)CC(N)=O. The van der Waals surface area contributed by atoms with Crippen molar-refractivity contribution >= 4 is 23.6 Å². The number of nitrogens with one attached hydrogen (secondary N) is 1. The lowest BCUT2D eigenvalue weighted by molar-refractivity contribution is -0.126. The Balaban J connectivity index is 2.45. The van der Waals surface area contributed by atoms with Crippen molar-refractivity contribution in [3.63, 3.8) is 0 Å². The molecule has 3 atom stereocenters. The van der Waals surface area contributed by atoms with Gasteiger partial charge in [0.25, 0.3) is 0 Å². The Labute approximate surface area is 106 Å². The van der Waals surface area contributed by atoms with Crippen molar-refractivity contribution in [3.05, 3.63) is 0 Å². The summed E-state index contributed by atoms with van der Waals surface area (Å²) in [7, 11) is 0. The minimum Gasteiger partial charge on any atom is -0.370 e. The smallest absolute Gasteiger partial charge is 0.237 e. The van der Waals surface area contributed by atoms with Gasteiger partial charge in [0.1, 0.15) is 0 Å². The fourth-order valence-corrected chi connectivity index (χ4v) is 3.08. The molecule has 5 nitrogen and oxygen atoms in total. The van der Waals surface area contributed by atoms with Crippen LogP contribution in [0.15, 0.2) is 0 Å². The fourth-order valence-electron chi connectivity index (χ4n) is 2.14. The third kappa shape index (κ3) is 4.55. The van der Waals surface area contributed by atoms with Gasteiger partial charge in [-0.25, -0.2) is 0 Å². The Hall–Kier alpha value is -0.750. The Morgan fingerprint density at radius 3 is 2.65 bits per heavy atom. The summed E-state index contributed by atoms with van der Waals surface area (Å²) in [5.41, 5.74) is 10.6. The molecule has 0 bridgehead atoms. The van der Waals surface area contributed by atoms with Crippen molar-refractivity contribution in [1.82, 2.24) is 5.32 Å². The highest BCUT2D eigenvalue weighted by Crippen LogP contribution is 2.27. The van der Waals surface area contributed by atoms with E-state index in [1.807, 2.05) is 0 Å². The molecule has 0 heterocycles. The van der Waals surface area contributed by atoms with Crippen LogP contribution in [0.2, 0.25) is 0 Å².